The van der Waals surface area contributed by atoms with Crippen LogP contribution in [0.4, 0.5) is 17.1 Å². The summed E-state index contributed by atoms with van der Waals surface area (Å²) in [5, 5.41) is 2.12. The molecular weight excluding hydrogens is 574 g/mol. The Labute approximate surface area is 275 Å². The zero-order valence-electron chi connectivity index (χ0n) is 27.3. The van der Waals surface area contributed by atoms with E-state index in [4.69, 9.17) is 0 Å². The fraction of sp³-hybridized carbons (Fsp3) is 0.136. The first kappa shape index (κ1) is 28.9. The van der Waals surface area contributed by atoms with Gasteiger partial charge in [0.05, 0.1) is 11.3 Å². The highest BCUT2D eigenvalue weighted by Crippen LogP contribution is 2.51. The largest absolute Gasteiger partial charge is 0.310 e. The summed E-state index contributed by atoms with van der Waals surface area (Å²) in [5.41, 5.74) is 14.3. The number of nitrogens with zero attached hydrogens (tertiary/aromatic N) is 1. The Balaban J connectivity index is 1.24. The fourth-order valence-corrected chi connectivity index (χ4v) is 7.81. The molecule has 0 N–H and O–H groups in total. The molecule has 0 saturated heterocycles. The van der Waals surface area contributed by atoms with Crippen molar-refractivity contribution in [3.05, 3.63) is 165 Å². The quantitative estimate of drug-likeness (QED) is 0.147. The highest BCUT2D eigenvalue weighted by molar-refractivity contribution is 6.41. The van der Waals surface area contributed by atoms with Gasteiger partial charge in [0.1, 0.15) is 0 Å². The van der Waals surface area contributed by atoms with Crippen LogP contribution < -0.4 is 4.90 Å². The molecule has 2 aliphatic carbocycles. The van der Waals surface area contributed by atoms with E-state index in [1.165, 1.54) is 44.6 Å². The van der Waals surface area contributed by atoms with Gasteiger partial charge in [0, 0.05) is 27.9 Å². The van der Waals surface area contributed by atoms with Gasteiger partial charge in [-0.05, 0) is 107 Å². The van der Waals surface area contributed by atoms with E-state index < -0.39 is 0 Å². The topological polar surface area (TPSA) is 37.4 Å². The summed E-state index contributed by atoms with van der Waals surface area (Å²) in [4.78, 5) is 28.4. The lowest BCUT2D eigenvalue weighted by Crippen LogP contribution is -2.17. The van der Waals surface area contributed by atoms with Crippen molar-refractivity contribution in [3.63, 3.8) is 0 Å². The maximum Gasteiger partial charge on any atom is 0.197 e. The zero-order valence-corrected chi connectivity index (χ0v) is 27.3. The predicted octanol–water partition coefficient (Wildman–Crippen LogP) is 11.0. The number of anilines is 3. The number of aryl methyl sites for hydroxylation is 3. The highest BCUT2D eigenvalue weighted by Gasteiger charge is 2.36. The second-order valence-electron chi connectivity index (χ2n) is 13.5. The third-order valence-corrected chi connectivity index (χ3v) is 10.0. The molecule has 0 spiro atoms. The molecule has 0 unspecified atom stereocenters. The average Bonchev–Trinajstić information content (AvgIpc) is 3.44. The van der Waals surface area contributed by atoms with Gasteiger partial charge >= 0.3 is 0 Å². The average molecular weight is 610 g/mol. The number of rotatable bonds is 4. The summed E-state index contributed by atoms with van der Waals surface area (Å²) < 4.78 is 0. The van der Waals surface area contributed by atoms with Crippen molar-refractivity contribution < 1.29 is 9.59 Å². The number of carbonyl (C=O) groups is 2. The summed E-state index contributed by atoms with van der Waals surface area (Å²) in [6, 6.07) is 39.9. The molecule has 0 heterocycles. The maximum atomic E-state index is 13.0. The highest BCUT2D eigenvalue weighted by atomic mass is 16.2. The molecule has 0 atom stereocenters. The van der Waals surface area contributed by atoms with Crippen LogP contribution in [0.25, 0.3) is 28.0 Å². The smallest absolute Gasteiger partial charge is 0.197 e. The third-order valence-electron chi connectivity index (χ3n) is 10.0. The van der Waals surface area contributed by atoms with Crippen LogP contribution >= 0.6 is 0 Å². The van der Waals surface area contributed by atoms with Gasteiger partial charge in [-0.25, -0.2) is 0 Å². The minimum atomic E-state index is -0.207. The lowest BCUT2D eigenvalue weighted by Gasteiger charge is -2.31. The Hall–Kier alpha value is -5.54. The van der Waals surface area contributed by atoms with Gasteiger partial charge < -0.3 is 4.90 Å². The van der Waals surface area contributed by atoms with Crippen LogP contribution in [-0.4, -0.2) is 11.6 Å². The van der Waals surface area contributed by atoms with Gasteiger partial charge in [-0.2, -0.15) is 0 Å². The van der Waals surface area contributed by atoms with Crippen LogP contribution in [0.1, 0.15) is 67.9 Å². The Morgan fingerprint density at radius 3 is 1.81 bits per heavy atom. The van der Waals surface area contributed by atoms with Gasteiger partial charge in [0.15, 0.2) is 11.6 Å². The van der Waals surface area contributed by atoms with E-state index in [0.717, 1.165) is 27.7 Å². The summed E-state index contributed by atoms with van der Waals surface area (Å²) in [6.45, 7) is 11.2. The van der Waals surface area contributed by atoms with E-state index in [1.807, 2.05) is 6.07 Å². The monoisotopic (exact) mass is 609 g/mol. The van der Waals surface area contributed by atoms with E-state index in [2.05, 4.69) is 124 Å². The van der Waals surface area contributed by atoms with Crippen molar-refractivity contribution in [2.24, 2.45) is 0 Å². The molecule has 47 heavy (non-hydrogen) atoms. The fourth-order valence-electron chi connectivity index (χ4n) is 7.81. The van der Waals surface area contributed by atoms with Gasteiger partial charge in [0.2, 0.25) is 0 Å². The van der Waals surface area contributed by atoms with E-state index in [-0.39, 0.29) is 22.6 Å². The number of fused-ring (bicyclic) bond motifs is 5. The molecular formula is C44H35NO2. The molecule has 6 aromatic rings. The second kappa shape index (κ2) is 10.5. The van der Waals surface area contributed by atoms with Crippen LogP contribution in [-0.2, 0) is 5.41 Å². The number of ketones is 2. The van der Waals surface area contributed by atoms with Crippen LogP contribution in [0, 0.1) is 20.8 Å². The predicted molar refractivity (Wildman–Crippen MR) is 193 cm³/mol. The van der Waals surface area contributed by atoms with Crippen LogP contribution in [0.5, 0.6) is 0 Å². The van der Waals surface area contributed by atoms with Crippen molar-refractivity contribution in [1.29, 1.82) is 0 Å². The van der Waals surface area contributed by atoms with Crippen molar-refractivity contribution in [3.8, 4) is 11.1 Å². The lowest BCUT2D eigenvalue weighted by molar-refractivity contribution is 0.0990. The van der Waals surface area contributed by atoms with Crippen molar-refractivity contribution in [2.45, 2.75) is 40.0 Å². The van der Waals surface area contributed by atoms with Crippen molar-refractivity contribution >= 4 is 45.5 Å². The molecule has 0 aromatic heterocycles. The number of carbonyl (C=O) groups excluding carboxylic acids is 2. The maximum absolute atomic E-state index is 13.0. The molecule has 0 radical (unpaired) electrons. The van der Waals surface area contributed by atoms with Gasteiger partial charge in [-0.3, -0.25) is 9.59 Å². The number of hydrogen-bond acceptors (Lipinski definition) is 3. The van der Waals surface area contributed by atoms with E-state index in [1.54, 1.807) is 30.3 Å². The van der Waals surface area contributed by atoms with Gasteiger partial charge in [-0.1, -0.05) is 104 Å². The molecule has 0 saturated carbocycles. The first-order chi connectivity index (χ1) is 22.6. The molecule has 3 nitrogen and oxygen atoms in total. The zero-order chi connectivity index (χ0) is 32.6. The number of allylic oxidation sites excluding steroid dienone is 1. The summed E-state index contributed by atoms with van der Waals surface area (Å²) in [5.74, 6) is -0.415. The normalized spacial score (nSPS) is 14.3. The second-order valence-corrected chi connectivity index (χ2v) is 13.5. The summed E-state index contributed by atoms with van der Waals surface area (Å²) in [6.07, 6.45) is 1.73. The SMILES string of the molecule is Cc1cc(C)c(N(c2ccc3c(c2)C(C)(C)c2ccccc2-3)c2ccc3cc(C=C4C(=O)c5ccccc5C4=O)ccc3c2)c(C)c1. The Bertz CT molecular complexity index is 2300. The molecule has 0 bridgehead atoms. The Kier molecular flexibility index (Phi) is 6.46. The molecule has 6 aromatic carbocycles. The Morgan fingerprint density at radius 1 is 0.553 bits per heavy atom. The van der Waals surface area contributed by atoms with Crippen LogP contribution in [0.3, 0.4) is 0 Å². The van der Waals surface area contributed by atoms with E-state index >= 15 is 0 Å². The van der Waals surface area contributed by atoms with Gasteiger partial charge in [-0.15, -0.1) is 0 Å². The minimum Gasteiger partial charge on any atom is -0.310 e. The lowest BCUT2D eigenvalue weighted by atomic mass is 9.82. The molecule has 8 rings (SSSR count). The minimum absolute atomic E-state index is 0.108. The molecule has 228 valence electrons. The third kappa shape index (κ3) is 4.49. The first-order valence-corrected chi connectivity index (χ1v) is 16.2. The molecule has 2 aliphatic rings. The molecule has 0 amide bonds. The number of hydrogen-bond donors (Lipinski definition) is 0. The molecule has 0 fully saturated rings. The van der Waals surface area contributed by atoms with Crippen LogP contribution in [0.2, 0.25) is 0 Å². The van der Waals surface area contributed by atoms with Crippen molar-refractivity contribution in [1.82, 2.24) is 0 Å². The molecule has 0 aliphatic heterocycles. The Morgan fingerprint density at radius 2 is 1.11 bits per heavy atom. The summed E-state index contributed by atoms with van der Waals surface area (Å²) >= 11 is 0. The summed E-state index contributed by atoms with van der Waals surface area (Å²) in [7, 11) is 0. The van der Waals surface area contributed by atoms with Gasteiger partial charge in [0.25, 0.3) is 0 Å². The van der Waals surface area contributed by atoms with Crippen LogP contribution in [0.15, 0.2) is 121 Å². The number of Topliss-reactive ketones (excluding diaryl/α,β-unsaturated/α-hetero) is 2. The van der Waals surface area contributed by atoms with E-state index in [9.17, 15) is 9.59 Å². The van der Waals surface area contributed by atoms with E-state index in [0.29, 0.717) is 11.1 Å². The number of benzene rings is 6. The van der Waals surface area contributed by atoms with Crippen molar-refractivity contribution in [2.75, 3.05) is 4.90 Å². The molecule has 3 heteroatoms. The first-order valence-electron chi connectivity index (χ1n) is 16.2. The standard InChI is InChI=1S/C44H35NO2/c1-26-20-27(2)41(28(3)21-26)45(33-18-19-35-34-10-8-9-13-39(34)44(4,5)40(35)25-33)32-17-16-30-22-29(14-15-31(30)24-32)23-38-42(46)36-11-6-7-12-37(36)43(38)47/h6-25H,1-5H3.